The van der Waals surface area contributed by atoms with Crippen LogP contribution < -0.4 is 5.32 Å². The number of ether oxygens (including phenoxy) is 1. The van der Waals surface area contributed by atoms with Crippen LogP contribution in [0.3, 0.4) is 0 Å². The maximum Gasteiger partial charge on any atom is 0.335 e. The fraction of sp³-hybridized carbons (Fsp3) is 0.267. The van der Waals surface area contributed by atoms with E-state index in [4.69, 9.17) is 9.84 Å². The van der Waals surface area contributed by atoms with Gasteiger partial charge in [-0.1, -0.05) is 0 Å². The van der Waals surface area contributed by atoms with Crippen LogP contribution in [0.4, 0.5) is 5.69 Å². The van der Waals surface area contributed by atoms with E-state index in [1.807, 2.05) is 0 Å². The van der Waals surface area contributed by atoms with E-state index in [9.17, 15) is 9.59 Å². The lowest BCUT2D eigenvalue weighted by molar-refractivity contribution is -0.119. The molecule has 1 aromatic heterocycles. The zero-order valence-electron chi connectivity index (χ0n) is 12.3. The van der Waals surface area contributed by atoms with Gasteiger partial charge in [-0.3, -0.25) is 9.48 Å². The van der Waals surface area contributed by atoms with E-state index in [-0.39, 0.29) is 18.1 Å². The maximum atomic E-state index is 12.2. The van der Waals surface area contributed by atoms with Crippen LogP contribution in [-0.2, 0) is 16.1 Å². The fourth-order valence-corrected chi connectivity index (χ4v) is 2.01. The summed E-state index contributed by atoms with van der Waals surface area (Å²) in [6.07, 6.45) is 3.28. The van der Waals surface area contributed by atoms with E-state index in [0.29, 0.717) is 11.3 Å². The molecule has 1 amide bonds. The van der Waals surface area contributed by atoms with Crippen LogP contribution in [0.15, 0.2) is 36.7 Å². The summed E-state index contributed by atoms with van der Waals surface area (Å²) in [7, 11) is 1.52. The number of aromatic carboxylic acids is 1. The topological polar surface area (TPSA) is 93.5 Å². The molecular weight excluding hydrogens is 286 g/mol. The van der Waals surface area contributed by atoms with Crippen LogP contribution in [0, 0.1) is 0 Å². The molecule has 22 heavy (non-hydrogen) atoms. The maximum absolute atomic E-state index is 12.2. The molecule has 0 saturated carbocycles. The van der Waals surface area contributed by atoms with Gasteiger partial charge in [-0.2, -0.15) is 5.10 Å². The molecule has 0 aliphatic heterocycles. The number of methoxy groups -OCH3 is 1. The number of carboxylic acid groups (broad SMARTS) is 1. The Morgan fingerprint density at radius 1 is 1.41 bits per heavy atom. The number of aromatic nitrogens is 2. The first kappa shape index (κ1) is 15.7. The first-order valence-corrected chi connectivity index (χ1v) is 6.67. The lowest BCUT2D eigenvalue weighted by atomic mass is 10.1. The van der Waals surface area contributed by atoms with Crippen molar-refractivity contribution in [1.82, 2.24) is 9.78 Å². The highest BCUT2D eigenvalue weighted by Crippen LogP contribution is 2.18. The highest BCUT2D eigenvalue weighted by molar-refractivity contribution is 5.95. The minimum absolute atomic E-state index is 0.0941. The summed E-state index contributed by atoms with van der Waals surface area (Å²) < 4.78 is 6.53. The molecule has 0 aliphatic carbocycles. The number of carbonyl (C=O) groups excluding carboxylic acids is 1. The Kier molecular flexibility index (Phi) is 4.90. The average Bonchev–Trinajstić information content (AvgIpc) is 3.00. The summed E-state index contributed by atoms with van der Waals surface area (Å²) in [4.78, 5) is 23.4. The molecule has 1 heterocycles. The van der Waals surface area contributed by atoms with Gasteiger partial charge in [0.15, 0.2) is 0 Å². The van der Waals surface area contributed by atoms with Crippen LogP contribution in [0.2, 0.25) is 0 Å². The molecule has 2 aromatic rings. The molecule has 116 valence electrons. The van der Waals surface area contributed by atoms with Gasteiger partial charge in [-0.15, -0.1) is 0 Å². The molecule has 0 fully saturated rings. The standard InChI is InChI=1S/C15H17N3O4/c1-10(18-5-3-4-16-18)14(19)17-13-7-11(9-22-2)6-12(8-13)15(20)21/h3-8,10H,9H2,1-2H3,(H,17,19)(H,20,21). The number of benzene rings is 1. The van der Waals surface area contributed by atoms with Crippen molar-refractivity contribution in [3.8, 4) is 0 Å². The Labute approximate surface area is 127 Å². The van der Waals surface area contributed by atoms with Crippen molar-refractivity contribution < 1.29 is 19.4 Å². The first-order valence-electron chi connectivity index (χ1n) is 6.67. The predicted molar refractivity (Wildman–Crippen MR) is 79.7 cm³/mol. The highest BCUT2D eigenvalue weighted by Gasteiger charge is 2.16. The van der Waals surface area contributed by atoms with Gasteiger partial charge in [-0.05, 0) is 36.8 Å². The summed E-state index contributed by atoms with van der Waals surface area (Å²) in [6, 6.07) is 5.83. The van der Waals surface area contributed by atoms with Crippen molar-refractivity contribution in [3.63, 3.8) is 0 Å². The largest absolute Gasteiger partial charge is 0.478 e. The van der Waals surface area contributed by atoms with Gasteiger partial charge in [0.25, 0.3) is 0 Å². The second kappa shape index (κ2) is 6.86. The Morgan fingerprint density at radius 3 is 2.77 bits per heavy atom. The van der Waals surface area contributed by atoms with Crippen LogP contribution in [0.5, 0.6) is 0 Å². The van der Waals surface area contributed by atoms with Crippen molar-refractivity contribution >= 4 is 17.6 Å². The van der Waals surface area contributed by atoms with Crippen molar-refractivity contribution in [3.05, 3.63) is 47.8 Å². The summed E-state index contributed by atoms with van der Waals surface area (Å²) in [5, 5.41) is 15.8. The molecule has 2 rings (SSSR count). The van der Waals surface area contributed by atoms with E-state index in [2.05, 4.69) is 10.4 Å². The number of carboxylic acids is 1. The molecule has 7 heteroatoms. The fourth-order valence-electron chi connectivity index (χ4n) is 2.01. The molecule has 1 atom stereocenters. The molecular formula is C15H17N3O4. The monoisotopic (exact) mass is 303 g/mol. The normalized spacial score (nSPS) is 11.9. The number of nitrogens with one attached hydrogen (secondary N) is 1. The Bertz CT molecular complexity index is 667. The van der Waals surface area contributed by atoms with Crippen molar-refractivity contribution in [1.29, 1.82) is 0 Å². The van der Waals surface area contributed by atoms with Gasteiger partial charge in [0.1, 0.15) is 6.04 Å². The van der Waals surface area contributed by atoms with Crippen molar-refractivity contribution in [2.45, 2.75) is 19.6 Å². The quantitative estimate of drug-likeness (QED) is 0.850. The lowest BCUT2D eigenvalue weighted by Gasteiger charge is -2.14. The Balaban J connectivity index is 2.20. The molecule has 0 saturated heterocycles. The number of carbonyl (C=O) groups is 2. The molecule has 1 aromatic carbocycles. The number of rotatable bonds is 6. The number of hydrogen-bond donors (Lipinski definition) is 2. The number of nitrogens with zero attached hydrogens (tertiary/aromatic N) is 2. The Morgan fingerprint density at radius 2 is 2.18 bits per heavy atom. The average molecular weight is 303 g/mol. The molecule has 0 bridgehead atoms. The highest BCUT2D eigenvalue weighted by atomic mass is 16.5. The second-order valence-electron chi connectivity index (χ2n) is 4.81. The number of amides is 1. The SMILES string of the molecule is COCc1cc(NC(=O)C(C)n2cccn2)cc(C(=O)O)c1. The summed E-state index contributed by atoms with van der Waals surface area (Å²) in [6.45, 7) is 1.97. The van der Waals surface area contributed by atoms with E-state index >= 15 is 0 Å². The Hall–Kier alpha value is -2.67. The van der Waals surface area contributed by atoms with Crippen LogP contribution >= 0.6 is 0 Å². The second-order valence-corrected chi connectivity index (χ2v) is 4.81. The van der Waals surface area contributed by atoms with Crippen LogP contribution in [-0.4, -0.2) is 33.9 Å². The molecule has 0 radical (unpaired) electrons. The summed E-state index contributed by atoms with van der Waals surface area (Å²) in [5.74, 6) is -1.34. The van der Waals surface area contributed by atoms with E-state index < -0.39 is 12.0 Å². The minimum Gasteiger partial charge on any atom is -0.478 e. The van der Waals surface area contributed by atoms with Gasteiger partial charge in [-0.25, -0.2) is 4.79 Å². The summed E-state index contributed by atoms with van der Waals surface area (Å²) >= 11 is 0. The van der Waals surface area contributed by atoms with Crippen LogP contribution in [0.1, 0.15) is 28.9 Å². The third-order valence-corrected chi connectivity index (χ3v) is 3.12. The molecule has 1 unspecified atom stereocenters. The summed E-state index contributed by atoms with van der Waals surface area (Å²) in [5.41, 5.74) is 1.18. The molecule has 0 aliphatic rings. The predicted octanol–water partition coefficient (Wildman–Crippen LogP) is 1.93. The van der Waals surface area contributed by atoms with E-state index in [0.717, 1.165) is 0 Å². The van der Waals surface area contributed by atoms with Gasteiger partial charge >= 0.3 is 5.97 Å². The minimum atomic E-state index is -1.06. The first-order chi connectivity index (χ1) is 10.5. The number of anilines is 1. The van der Waals surface area contributed by atoms with Crippen molar-refractivity contribution in [2.75, 3.05) is 12.4 Å². The third-order valence-electron chi connectivity index (χ3n) is 3.12. The number of hydrogen-bond acceptors (Lipinski definition) is 4. The van der Waals surface area contributed by atoms with E-state index in [1.54, 1.807) is 31.5 Å². The molecule has 7 nitrogen and oxygen atoms in total. The van der Waals surface area contributed by atoms with Gasteiger partial charge in [0.05, 0.1) is 12.2 Å². The smallest absolute Gasteiger partial charge is 0.335 e. The van der Waals surface area contributed by atoms with E-state index in [1.165, 1.54) is 23.9 Å². The lowest BCUT2D eigenvalue weighted by Crippen LogP contribution is -2.24. The van der Waals surface area contributed by atoms with Crippen LogP contribution in [0.25, 0.3) is 0 Å². The van der Waals surface area contributed by atoms with Gasteiger partial charge in [0.2, 0.25) is 5.91 Å². The van der Waals surface area contributed by atoms with Crippen molar-refractivity contribution in [2.24, 2.45) is 0 Å². The third kappa shape index (κ3) is 3.70. The molecule has 2 N–H and O–H groups in total. The zero-order valence-corrected chi connectivity index (χ0v) is 12.3. The van der Waals surface area contributed by atoms with Gasteiger partial charge in [0, 0.05) is 25.2 Å². The molecule has 0 spiro atoms. The van der Waals surface area contributed by atoms with Gasteiger partial charge < -0.3 is 15.2 Å². The zero-order chi connectivity index (χ0) is 16.1.